The zero-order valence-corrected chi connectivity index (χ0v) is 12.2. The first-order valence-corrected chi connectivity index (χ1v) is 6.64. The Bertz CT molecular complexity index is 455. The first kappa shape index (κ1) is 15.4. The van der Waals surface area contributed by atoms with E-state index >= 15 is 0 Å². The Morgan fingerprint density at radius 2 is 1.84 bits per heavy atom. The first-order chi connectivity index (χ1) is 8.86. The average Bonchev–Trinajstić information content (AvgIpc) is 2.72. The lowest BCUT2D eigenvalue weighted by atomic mass is 9.97. The van der Waals surface area contributed by atoms with E-state index in [1.807, 2.05) is 52.0 Å². The smallest absolute Gasteiger partial charge is 0.311 e. The standard InChI is InChI=1S/C9H8O.C7H14O2/c10-9-6-5-7-3-1-2-4-8(7)9;1-5-9-6(8)7(2,3)4/h1-4H,5-6H2;5H2,1-4H3. The third-order valence-electron chi connectivity index (χ3n) is 2.83. The van der Waals surface area contributed by atoms with Crippen LogP contribution >= 0.6 is 0 Å². The highest BCUT2D eigenvalue weighted by atomic mass is 16.5. The number of carbonyl (C=O) groups is 2. The fourth-order valence-corrected chi connectivity index (χ4v) is 1.74. The third kappa shape index (κ3) is 4.51. The second-order valence-electron chi connectivity index (χ2n) is 5.55. The molecule has 1 aliphatic rings. The molecule has 104 valence electrons. The van der Waals surface area contributed by atoms with E-state index in [1.165, 1.54) is 5.56 Å². The lowest BCUT2D eigenvalue weighted by Gasteiger charge is -2.14. The molecule has 3 heteroatoms. The van der Waals surface area contributed by atoms with Crippen molar-refractivity contribution in [3.8, 4) is 0 Å². The predicted molar refractivity (Wildman–Crippen MR) is 75.2 cm³/mol. The molecule has 0 saturated heterocycles. The number of hydrogen-bond acceptors (Lipinski definition) is 3. The zero-order chi connectivity index (χ0) is 14.5. The summed E-state index contributed by atoms with van der Waals surface area (Å²) in [4.78, 5) is 21.9. The highest BCUT2D eigenvalue weighted by molar-refractivity contribution is 6.00. The molecule has 1 aliphatic carbocycles. The number of hydrogen-bond donors (Lipinski definition) is 0. The van der Waals surface area contributed by atoms with Crippen molar-refractivity contribution in [1.29, 1.82) is 0 Å². The van der Waals surface area contributed by atoms with Crippen molar-refractivity contribution in [3.05, 3.63) is 35.4 Å². The quantitative estimate of drug-likeness (QED) is 0.728. The van der Waals surface area contributed by atoms with E-state index in [0.717, 1.165) is 12.0 Å². The van der Waals surface area contributed by atoms with Gasteiger partial charge in [0.25, 0.3) is 0 Å². The number of fused-ring (bicyclic) bond motifs is 1. The van der Waals surface area contributed by atoms with Crippen LogP contribution in [-0.4, -0.2) is 18.4 Å². The van der Waals surface area contributed by atoms with Crippen LogP contribution in [0.25, 0.3) is 0 Å². The monoisotopic (exact) mass is 262 g/mol. The van der Waals surface area contributed by atoms with Gasteiger partial charge in [0.15, 0.2) is 5.78 Å². The van der Waals surface area contributed by atoms with Crippen LogP contribution in [0.3, 0.4) is 0 Å². The van der Waals surface area contributed by atoms with Crippen LogP contribution in [-0.2, 0) is 16.0 Å². The van der Waals surface area contributed by atoms with Crippen LogP contribution < -0.4 is 0 Å². The van der Waals surface area contributed by atoms with E-state index in [2.05, 4.69) is 0 Å². The van der Waals surface area contributed by atoms with Crippen molar-refractivity contribution < 1.29 is 14.3 Å². The van der Waals surface area contributed by atoms with Crippen molar-refractivity contribution in [3.63, 3.8) is 0 Å². The number of aryl methyl sites for hydroxylation is 1. The summed E-state index contributed by atoms with van der Waals surface area (Å²) in [6, 6.07) is 7.84. The van der Waals surface area contributed by atoms with Gasteiger partial charge in [0.05, 0.1) is 12.0 Å². The first-order valence-electron chi connectivity index (χ1n) is 6.64. The van der Waals surface area contributed by atoms with Crippen molar-refractivity contribution in [2.24, 2.45) is 5.41 Å². The lowest BCUT2D eigenvalue weighted by Crippen LogP contribution is -2.22. The summed E-state index contributed by atoms with van der Waals surface area (Å²) >= 11 is 0. The Labute approximate surface area is 115 Å². The SMILES string of the molecule is CCOC(=O)C(C)(C)C.O=C1CCc2ccccc21. The Kier molecular flexibility index (Phi) is 5.28. The minimum atomic E-state index is -0.351. The number of benzene rings is 1. The van der Waals surface area contributed by atoms with Crippen LogP contribution in [0.5, 0.6) is 0 Å². The van der Waals surface area contributed by atoms with E-state index in [-0.39, 0.29) is 11.4 Å². The molecule has 0 atom stereocenters. The molecule has 0 amide bonds. The van der Waals surface area contributed by atoms with Gasteiger partial charge in [-0.3, -0.25) is 9.59 Å². The number of esters is 1. The van der Waals surface area contributed by atoms with Crippen molar-refractivity contribution in [2.45, 2.75) is 40.5 Å². The number of rotatable bonds is 1. The van der Waals surface area contributed by atoms with Gasteiger partial charge in [-0.05, 0) is 39.7 Å². The molecule has 0 fully saturated rings. The van der Waals surface area contributed by atoms with Crippen molar-refractivity contribution in [2.75, 3.05) is 6.61 Å². The highest BCUT2D eigenvalue weighted by Crippen LogP contribution is 2.20. The molecule has 0 N–H and O–H groups in total. The van der Waals surface area contributed by atoms with Crippen molar-refractivity contribution in [1.82, 2.24) is 0 Å². The Hall–Kier alpha value is -1.64. The molecule has 2 rings (SSSR count). The summed E-state index contributed by atoms with van der Waals surface area (Å²) < 4.78 is 4.77. The Morgan fingerprint density at radius 3 is 2.32 bits per heavy atom. The molecule has 0 unspecified atom stereocenters. The number of carbonyl (C=O) groups excluding carboxylic acids is 2. The molecule has 0 saturated carbocycles. The number of ether oxygens (including phenoxy) is 1. The van der Waals surface area contributed by atoms with Crippen LogP contribution in [0.1, 0.15) is 50.0 Å². The Balaban J connectivity index is 0.000000192. The molecule has 0 aromatic heterocycles. The lowest BCUT2D eigenvalue weighted by molar-refractivity contribution is -0.152. The topological polar surface area (TPSA) is 43.4 Å². The van der Waals surface area contributed by atoms with Gasteiger partial charge in [-0.15, -0.1) is 0 Å². The molecule has 1 aromatic rings. The largest absolute Gasteiger partial charge is 0.466 e. The number of ketones is 1. The minimum Gasteiger partial charge on any atom is -0.466 e. The summed E-state index contributed by atoms with van der Waals surface area (Å²) in [5, 5.41) is 0. The van der Waals surface area contributed by atoms with Gasteiger partial charge in [-0.1, -0.05) is 24.3 Å². The molecule has 3 nitrogen and oxygen atoms in total. The van der Waals surface area contributed by atoms with Gasteiger partial charge in [0.2, 0.25) is 0 Å². The molecular formula is C16H22O3. The van der Waals surface area contributed by atoms with Gasteiger partial charge < -0.3 is 4.74 Å². The van der Waals surface area contributed by atoms with E-state index in [1.54, 1.807) is 0 Å². The van der Waals surface area contributed by atoms with Crippen LogP contribution in [0.4, 0.5) is 0 Å². The molecule has 1 aromatic carbocycles. The van der Waals surface area contributed by atoms with Gasteiger partial charge in [0.1, 0.15) is 0 Å². The van der Waals surface area contributed by atoms with Crippen LogP contribution in [0.15, 0.2) is 24.3 Å². The summed E-state index contributed by atoms with van der Waals surface area (Å²) in [7, 11) is 0. The fraction of sp³-hybridized carbons (Fsp3) is 0.500. The van der Waals surface area contributed by atoms with Gasteiger partial charge in [-0.2, -0.15) is 0 Å². The Morgan fingerprint density at radius 1 is 1.21 bits per heavy atom. The van der Waals surface area contributed by atoms with E-state index in [9.17, 15) is 9.59 Å². The van der Waals surface area contributed by atoms with Crippen LogP contribution in [0.2, 0.25) is 0 Å². The molecule has 0 aliphatic heterocycles. The maximum Gasteiger partial charge on any atom is 0.311 e. The molecule has 0 bridgehead atoms. The molecule has 0 heterocycles. The van der Waals surface area contributed by atoms with E-state index < -0.39 is 0 Å². The van der Waals surface area contributed by atoms with E-state index in [0.29, 0.717) is 18.8 Å². The summed E-state index contributed by atoms with van der Waals surface area (Å²) in [6.45, 7) is 7.79. The highest BCUT2D eigenvalue weighted by Gasteiger charge is 2.21. The minimum absolute atomic E-state index is 0.134. The van der Waals surface area contributed by atoms with Crippen LogP contribution in [0, 0.1) is 5.41 Å². The second kappa shape index (κ2) is 6.50. The summed E-state index contributed by atoms with van der Waals surface area (Å²) in [5.41, 5.74) is 1.80. The summed E-state index contributed by atoms with van der Waals surface area (Å²) in [6.07, 6.45) is 1.65. The fourth-order valence-electron chi connectivity index (χ4n) is 1.74. The third-order valence-corrected chi connectivity index (χ3v) is 2.83. The summed E-state index contributed by atoms with van der Waals surface area (Å²) in [5.74, 6) is 0.167. The van der Waals surface area contributed by atoms with Gasteiger partial charge in [-0.25, -0.2) is 0 Å². The predicted octanol–water partition coefficient (Wildman–Crippen LogP) is 3.41. The zero-order valence-electron chi connectivity index (χ0n) is 12.2. The molecular weight excluding hydrogens is 240 g/mol. The molecule has 19 heavy (non-hydrogen) atoms. The second-order valence-corrected chi connectivity index (χ2v) is 5.55. The average molecular weight is 262 g/mol. The van der Waals surface area contributed by atoms with E-state index in [4.69, 9.17) is 4.74 Å². The number of Topliss-reactive ketones (excluding diaryl/α,β-unsaturated/α-hetero) is 1. The van der Waals surface area contributed by atoms with Gasteiger partial charge in [0, 0.05) is 12.0 Å². The molecule has 0 spiro atoms. The van der Waals surface area contributed by atoms with Gasteiger partial charge >= 0.3 is 5.97 Å². The maximum atomic E-state index is 11.1. The normalized spacial score (nSPS) is 13.4. The maximum absolute atomic E-state index is 11.1. The molecule has 0 radical (unpaired) electrons. The van der Waals surface area contributed by atoms with Crippen molar-refractivity contribution >= 4 is 11.8 Å².